The van der Waals surface area contributed by atoms with Gasteiger partial charge in [-0.3, -0.25) is 4.79 Å². The van der Waals surface area contributed by atoms with E-state index in [0.717, 1.165) is 50.7 Å². The quantitative estimate of drug-likeness (QED) is 0.314. The van der Waals surface area contributed by atoms with Gasteiger partial charge in [-0.2, -0.15) is 0 Å². The van der Waals surface area contributed by atoms with Crippen molar-refractivity contribution in [1.82, 2.24) is 5.32 Å². The van der Waals surface area contributed by atoms with Crippen LogP contribution in [0.3, 0.4) is 0 Å². The number of benzene rings is 1. The van der Waals surface area contributed by atoms with Crippen molar-refractivity contribution < 1.29 is 24.3 Å². The highest BCUT2D eigenvalue weighted by Crippen LogP contribution is 2.67. The molecule has 7 nitrogen and oxygen atoms in total. The molecule has 3 saturated carbocycles. The first-order valence-electron chi connectivity index (χ1n) is 14.2. The Morgan fingerprint density at radius 3 is 2.59 bits per heavy atom. The number of carbonyl (C=O) groups excluding carboxylic acids is 2. The van der Waals surface area contributed by atoms with Crippen molar-refractivity contribution >= 4 is 17.6 Å². The summed E-state index contributed by atoms with van der Waals surface area (Å²) in [6.07, 6.45) is 15.7. The fourth-order valence-corrected chi connectivity index (χ4v) is 8.31. The van der Waals surface area contributed by atoms with Crippen LogP contribution < -0.4 is 5.32 Å². The molecule has 4 aliphatic rings. The van der Waals surface area contributed by atoms with Gasteiger partial charge in [-0.15, -0.1) is 6.42 Å². The highest BCUT2D eigenvalue weighted by atomic mass is 16.6. The van der Waals surface area contributed by atoms with E-state index < -0.39 is 23.5 Å². The molecule has 1 aromatic rings. The third-order valence-corrected chi connectivity index (χ3v) is 10.6. The number of nitrogens with one attached hydrogen (secondary N) is 1. The zero-order valence-corrected chi connectivity index (χ0v) is 23.2. The van der Waals surface area contributed by atoms with Crippen LogP contribution >= 0.6 is 0 Å². The lowest BCUT2D eigenvalue weighted by Crippen LogP contribution is -2.54. The summed E-state index contributed by atoms with van der Waals surface area (Å²) in [5.41, 5.74) is 1.86. The van der Waals surface area contributed by atoms with Gasteiger partial charge in [-0.1, -0.05) is 60.8 Å². The normalized spacial score (nSPS) is 36.8. The molecule has 1 aromatic carbocycles. The molecule has 2 N–H and O–H groups in total. The summed E-state index contributed by atoms with van der Waals surface area (Å²) in [5, 5.41) is 18.2. The second-order valence-corrected chi connectivity index (χ2v) is 12.3. The van der Waals surface area contributed by atoms with Gasteiger partial charge >= 0.3 is 5.97 Å². The van der Waals surface area contributed by atoms with Gasteiger partial charge < -0.3 is 20.0 Å². The van der Waals surface area contributed by atoms with Gasteiger partial charge in [0.05, 0.1) is 12.8 Å². The minimum Gasteiger partial charge on any atom is -0.467 e. The third kappa shape index (κ3) is 4.67. The second-order valence-electron chi connectivity index (χ2n) is 12.3. The predicted molar refractivity (Wildman–Crippen MR) is 148 cm³/mol. The van der Waals surface area contributed by atoms with Crippen LogP contribution in [-0.2, 0) is 19.2 Å². The number of hydrogen-bond donors (Lipinski definition) is 2. The first kappa shape index (κ1) is 27.5. The molecule has 0 aliphatic heterocycles. The lowest BCUT2D eigenvalue weighted by atomic mass is 9.46. The predicted octanol–water partition coefficient (Wildman–Crippen LogP) is 4.72. The van der Waals surface area contributed by atoms with Crippen LogP contribution in [-0.4, -0.2) is 42.0 Å². The van der Waals surface area contributed by atoms with E-state index in [-0.39, 0.29) is 17.4 Å². The number of aliphatic hydroxyl groups is 1. The van der Waals surface area contributed by atoms with Crippen LogP contribution in [0.15, 0.2) is 47.1 Å². The molecule has 0 radical (unpaired) electrons. The molecule has 0 saturated heterocycles. The van der Waals surface area contributed by atoms with Gasteiger partial charge in [0.15, 0.2) is 12.6 Å². The first-order valence-corrected chi connectivity index (χ1v) is 14.2. The molecular weight excluding hydrogens is 492 g/mol. The maximum Gasteiger partial charge on any atom is 0.333 e. The van der Waals surface area contributed by atoms with Crippen LogP contribution in [0.1, 0.15) is 76.8 Å². The average Bonchev–Trinajstić information content (AvgIpc) is 3.22. The van der Waals surface area contributed by atoms with Crippen molar-refractivity contribution in [2.24, 2.45) is 33.7 Å². The van der Waals surface area contributed by atoms with E-state index in [0.29, 0.717) is 29.7 Å². The monoisotopic (exact) mass is 532 g/mol. The molecule has 0 spiro atoms. The van der Waals surface area contributed by atoms with Crippen molar-refractivity contribution in [1.29, 1.82) is 0 Å². The summed E-state index contributed by atoms with van der Waals surface area (Å²) in [6, 6.07) is 8.06. The van der Waals surface area contributed by atoms with E-state index in [2.05, 4.69) is 36.3 Å². The number of ether oxygens (including phenoxy) is 1. The lowest BCUT2D eigenvalue weighted by molar-refractivity contribution is -0.145. The van der Waals surface area contributed by atoms with Crippen LogP contribution in [0.4, 0.5) is 0 Å². The van der Waals surface area contributed by atoms with Crippen molar-refractivity contribution in [3.63, 3.8) is 0 Å². The number of terminal acetylenes is 1. The number of oxime groups is 1. The van der Waals surface area contributed by atoms with E-state index in [9.17, 15) is 14.7 Å². The summed E-state index contributed by atoms with van der Waals surface area (Å²) >= 11 is 0. The number of nitrogens with zero attached hydrogens (tertiary/aromatic N) is 1. The van der Waals surface area contributed by atoms with Gasteiger partial charge in [0.2, 0.25) is 0 Å². The van der Waals surface area contributed by atoms with Crippen molar-refractivity contribution in [2.75, 3.05) is 13.7 Å². The molecule has 1 amide bonds. The second kappa shape index (κ2) is 10.5. The number of rotatable bonds is 6. The maximum atomic E-state index is 12.6. The van der Waals surface area contributed by atoms with Gasteiger partial charge in [-0.05, 0) is 86.2 Å². The Kier molecular flexibility index (Phi) is 7.37. The van der Waals surface area contributed by atoms with E-state index in [1.54, 1.807) is 24.3 Å². The molecular formula is C32H40N2O5. The van der Waals surface area contributed by atoms with Crippen LogP contribution in [0.5, 0.6) is 0 Å². The van der Waals surface area contributed by atoms with Crippen molar-refractivity contribution in [3.05, 3.63) is 47.5 Å². The van der Waals surface area contributed by atoms with E-state index in [1.807, 2.05) is 6.07 Å². The molecule has 5 rings (SSSR count). The zero-order chi connectivity index (χ0) is 27.8. The number of amides is 1. The molecule has 7 heteroatoms. The smallest absolute Gasteiger partial charge is 0.333 e. The summed E-state index contributed by atoms with van der Waals surface area (Å²) in [7, 11) is 1.29. The molecule has 7 atom stereocenters. The van der Waals surface area contributed by atoms with E-state index >= 15 is 0 Å². The number of methoxy groups -OCH3 is 1. The van der Waals surface area contributed by atoms with Crippen LogP contribution in [0.25, 0.3) is 0 Å². The maximum absolute atomic E-state index is 12.6. The lowest BCUT2D eigenvalue weighted by Gasteiger charge is -2.58. The number of allylic oxidation sites excluding steroid dienone is 2. The molecule has 0 aromatic heterocycles. The molecule has 0 heterocycles. The minimum atomic E-state index is -0.979. The first-order chi connectivity index (χ1) is 18.6. The number of carbonyl (C=O) groups is 2. The zero-order valence-electron chi connectivity index (χ0n) is 23.2. The van der Waals surface area contributed by atoms with Gasteiger partial charge in [0, 0.05) is 5.41 Å². The summed E-state index contributed by atoms with van der Waals surface area (Å²) in [5.74, 6) is 3.41. The molecule has 0 unspecified atom stereocenters. The fraction of sp³-hybridized carbons (Fsp3) is 0.594. The van der Waals surface area contributed by atoms with Crippen LogP contribution in [0.2, 0.25) is 0 Å². The Balaban J connectivity index is 1.22. The van der Waals surface area contributed by atoms with E-state index in [1.165, 1.54) is 12.7 Å². The SMILES string of the molecule is C#C[C@@]1(O)CC[C@H]2[C@H]3CCC4=CC(=NOCC(=O)N[C@@H](C(=O)OC)c5ccccc5)CC[C@]4(C)[C@H]3CC[C@]21C. The van der Waals surface area contributed by atoms with Gasteiger partial charge in [-0.25, -0.2) is 4.79 Å². The Labute approximate surface area is 231 Å². The number of hydrogen-bond acceptors (Lipinski definition) is 6. The molecule has 4 aliphatic carbocycles. The summed E-state index contributed by atoms with van der Waals surface area (Å²) in [6.45, 7) is 4.34. The number of esters is 1. The van der Waals surface area contributed by atoms with E-state index in [4.69, 9.17) is 16.0 Å². The van der Waals surface area contributed by atoms with Crippen molar-refractivity contribution in [3.8, 4) is 12.3 Å². The highest BCUT2D eigenvalue weighted by Gasteiger charge is 2.63. The third-order valence-electron chi connectivity index (χ3n) is 10.6. The Morgan fingerprint density at radius 1 is 1.13 bits per heavy atom. The Morgan fingerprint density at radius 2 is 1.87 bits per heavy atom. The van der Waals surface area contributed by atoms with Crippen LogP contribution in [0, 0.1) is 40.9 Å². The summed E-state index contributed by atoms with van der Waals surface area (Å²) < 4.78 is 4.86. The highest BCUT2D eigenvalue weighted by molar-refractivity contribution is 5.96. The van der Waals surface area contributed by atoms with Gasteiger partial charge in [0.1, 0.15) is 5.60 Å². The summed E-state index contributed by atoms with van der Waals surface area (Å²) in [4.78, 5) is 30.2. The molecule has 3 fully saturated rings. The average molecular weight is 533 g/mol. The molecule has 0 bridgehead atoms. The Hall–Kier alpha value is -3.11. The molecule has 39 heavy (non-hydrogen) atoms. The fourth-order valence-electron chi connectivity index (χ4n) is 8.31. The van der Waals surface area contributed by atoms with Crippen molar-refractivity contribution in [2.45, 2.75) is 76.9 Å². The topological polar surface area (TPSA) is 97.2 Å². The molecule has 208 valence electrons. The largest absolute Gasteiger partial charge is 0.467 e. The Bertz CT molecular complexity index is 1220. The standard InChI is InChI=1S/C32H40N2O5/c1-5-32(37)18-15-26-24-12-11-22-19-23(13-16-30(22,2)25(24)14-17-31(26,32)3)34-39-20-27(35)33-28(29(36)38-4)21-9-7-6-8-10-21/h1,6-10,19,24-26,28,37H,11-18,20H2,2-4H3,(H,33,35)/t24-,25-,26-,28+,30-,31+,32+/m0/s1. The minimum absolute atomic E-state index is 0.112. The van der Waals surface area contributed by atoms with Gasteiger partial charge in [0.25, 0.3) is 5.91 Å². The number of fused-ring (bicyclic) bond motifs is 5.